The van der Waals surface area contributed by atoms with Crippen molar-refractivity contribution in [2.45, 2.75) is 12.8 Å². The minimum Gasteiger partial charge on any atom is -0.481 e. The van der Waals surface area contributed by atoms with Gasteiger partial charge in [0.05, 0.1) is 5.92 Å². The predicted octanol–water partition coefficient (Wildman–Crippen LogP) is 1.52. The maximum absolute atomic E-state index is 11.6. The maximum atomic E-state index is 11.6. The molecule has 0 bridgehead atoms. The van der Waals surface area contributed by atoms with Crippen LogP contribution in [0.3, 0.4) is 0 Å². The van der Waals surface area contributed by atoms with Crippen LogP contribution in [-0.4, -0.2) is 16.9 Å². The molecule has 1 saturated carbocycles. The van der Waals surface area contributed by atoms with E-state index in [1.54, 1.807) is 0 Å². The zero-order valence-electron chi connectivity index (χ0n) is 8.22. The second-order valence-corrected chi connectivity index (χ2v) is 3.92. The van der Waals surface area contributed by atoms with E-state index in [1.807, 2.05) is 30.3 Å². The first-order valence-electron chi connectivity index (χ1n) is 4.98. The Bertz CT molecular complexity index is 383. The van der Waals surface area contributed by atoms with Crippen LogP contribution >= 0.6 is 0 Å². The molecule has 0 radical (unpaired) electrons. The summed E-state index contributed by atoms with van der Waals surface area (Å²) in [6.07, 6.45) is 0.871. The van der Waals surface area contributed by atoms with Crippen LogP contribution in [0.2, 0.25) is 0 Å². The summed E-state index contributed by atoms with van der Waals surface area (Å²) in [6, 6.07) is 9.42. The Morgan fingerprint density at radius 1 is 1.20 bits per heavy atom. The van der Waals surface area contributed by atoms with E-state index in [4.69, 9.17) is 5.11 Å². The lowest BCUT2D eigenvalue weighted by Crippen LogP contribution is -2.10. The van der Waals surface area contributed by atoms with Crippen LogP contribution in [0.4, 0.5) is 0 Å². The molecule has 2 atom stereocenters. The summed E-state index contributed by atoms with van der Waals surface area (Å²) in [6.45, 7) is 0. The number of rotatable bonds is 4. The molecule has 0 amide bonds. The third-order valence-electron chi connectivity index (χ3n) is 2.74. The number of hydrogen-bond donors (Lipinski definition) is 1. The first-order valence-corrected chi connectivity index (χ1v) is 4.98. The summed E-state index contributed by atoms with van der Waals surface area (Å²) >= 11 is 0. The van der Waals surface area contributed by atoms with E-state index >= 15 is 0 Å². The molecule has 2 rings (SSSR count). The standard InChI is InChI=1S/C12H12O3/c13-11(9-7-10(9)12(14)15)6-8-4-2-1-3-5-8/h1-5,9-10H,6-7H2,(H,14,15)/t9-,10+/m1/s1. The van der Waals surface area contributed by atoms with Crippen LogP contribution in [0.25, 0.3) is 0 Å². The normalized spacial score (nSPS) is 23.5. The molecule has 1 aromatic carbocycles. The first kappa shape index (κ1) is 9.90. The van der Waals surface area contributed by atoms with Gasteiger partial charge in [-0.05, 0) is 12.0 Å². The van der Waals surface area contributed by atoms with Gasteiger partial charge in [0, 0.05) is 12.3 Å². The van der Waals surface area contributed by atoms with Gasteiger partial charge in [-0.2, -0.15) is 0 Å². The molecule has 1 aliphatic rings. The summed E-state index contributed by atoms with van der Waals surface area (Å²) in [5.41, 5.74) is 0.957. The molecule has 3 heteroatoms. The Morgan fingerprint density at radius 2 is 1.87 bits per heavy atom. The van der Waals surface area contributed by atoms with E-state index in [2.05, 4.69) is 0 Å². The highest BCUT2D eigenvalue weighted by molar-refractivity contribution is 5.92. The number of carboxylic acid groups (broad SMARTS) is 1. The van der Waals surface area contributed by atoms with Gasteiger partial charge in [-0.1, -0.05) is 30.3 Å². The number of carboxylic acids is 1. The molecule has 0 aromatic heterocycles. The second kappa shape index (κ2) is 3.85. The summed E-state index contributed by atoms with van der Waals surface area (Å²) in [4.78, 5) is 22.2. The number of hydrogen-bond acceptors (Lipinski definition) is 2. The molecule has 3 nitrogen and oxygen atoms in total. The van der Waals surface area contributed by atoms with E-state index in [0.717, 1.165) is 5.56 Å². The SMILES string of the molecule is O=C(O)[C@H]1C[C@H]1C(=O)Cc1ccccc1. The molecule has 1 fully saturated rings. The lowest BCUT2D eigenvalue weighted by molar-refractivity contribution is -0.140. The maximum Gasteiger partial charge on any atom is 0.307 e. The molecule has 1 N–H and O–H groups in total. The fourth-order valence-electron chi connectivity index (χ4n) is 1.75. The van der Waals surface area contributed by atoms with Crippen molar-refractivity contribution in [1.82, 2.24) is 0 Å². The molecule has 78 valence electrons. The third-order valence-corrected chi connectivity index (χ3v) is 2.74. The van der Waals surface area contributed by atoms with Gasteiger partial charge in [0.15, 0.2) is 0 Å². The Hall–Kier alpha value is -1.64. The van der Waals surface area contributed by atoms with Gasteiger partial charge in [0.25, 0.3) is 0 Å². The minimum absolute atomic E-state index is 0.0496. The number of benzene rings is 1. The van der Waals surface area contributed by atoms with E-state index in [1.165, 1.54) is 0 Å². The van der Waals surface area contributed by atoms with Crippen molar-refractivity contribution in [3.8, 4) is 0 Å². The number of aliphatic carboxylic acids is 1. The number of carbonyl (C=O) groups excluding carboxylic acids is 1. The largest absolute Gasteiger partial charge is 0.481 e. The van der Waals surface area contributed by atoms with Crippen LogP contribution in [0, 0.1) is 11.8 Å². The Labute approximate surface area is 87.7 Å². The number of carbonyl (C=O) groups is 2. The van der Waals surface area contributed by atoms with E-state index in [-0.39, 0.29) is 11.7 Å². The Balaban J connectivity index is 1.92. The van der Waals surface area contributed by atoms with Crippen molar-refractivity contribution >= 4 is 11.8 Å². The fraction of sp³-hybridized carbons (Fsp3) is 0.333. The van der Waals surface area contributed by atoms with Gasteiger partial charge in [-0.15, -0.1) is 0 Å². The zero-order valence-corrected chi connectivity index (χ0v) is 8.22. The van der Waals surface area contributed by atoms with Crippen LogP contribution in [0.15, 0.2) is 30.3 Å². The quantitative estimate of drug-likeness (QED) is 0.809. The van der Waals surface area contributed by atoms with Crippen molar-refractivity contribution in [1.29, 1.82) is 0 Å². The topological polar surface area (TPSA) is 54.4 Å². The molecule has 0 unspecified atom stereocenters. The van der Waals surface area contributed by atoms with Gasteiger partial charge in [-0.3, -0.25) is 9.59 Å². The van der Waals surface area contributed by atoms with Crippen molar-refractivity contribution in [2.75, 3.05) is 0 Å². The van der Waals surface area contributed by atoms with Crippen molar-refractivity contribution < 1.29 is 14.7 Å². The highest BCUT2D eigenvalue weighted by Crippen LogP contribution is 2.39. The molecule has 0 spiro atoms. The summed E-state index contributed by atoms with van der Waals surface area (Å²) in [5, 5.41) is 8.69. The number of ketones is 1. The summed E-state index contributed by atoms with van der Waals surface area (Å²) in [5.74, 6) is -1.47. The zero-order chi connectivity index (χ0) is 10.8. The van der Waals surface area contributed by atoms with Crippen molar-refractivity contribution in [3.63, 3.8) is 0 Å². The minimum atomic E-state index is -0.846. The van der Waals surface area contributed by atoms with Crippen LogP contribution in [0.1, 0.15) is 12.0 Å². The highest BCUT2D eigenvalue weighted by Gasteiger charge is 2.47. The number of Topliss-reactive ketones (excluding diaryl/α,β-unsaturated/α-hetero) is 1. The fourth-order valence-corrected chi connectivity index (χ4v) is 1.75. The van der Waals surface area contributed by atoms with E-state index < -0.39 is 11.9 Å². The molecule has 0 heterocycles. The predicted molar refractivity (Wildman–Crippen MR) is 54.4 cm³/mol. The van der Waals surface area contributed by atoms with Crippen molar-refractivity contribution in [2.24, 2.45) is 11.8 Å². The van der Waals surface area contributed by atoms with E-state index in [0.29, 0.717) is 12.8 Å². The molecule has 1 aromatic rings. The lowest BCUT2D eigenvalue weighted by atomic mass is 10.1. The van der Waals surface area contributed by atoms with Gasteiger partial charge < -0.3 is 5.11 Å². The first-order chi connectivity index (χ1) is 7.18. The van der Waals surface area contributed by atoms with Crippen LogP contribution < -0.4 is 0 Å². The summed E-state index contributed by atoms with van der Waals surface area (Å²) in [7, 11) is 0. The van der Waals surface area contributed by atoms with Gasteiger partial charge in [0.1, 0.15) is 5.78 Å². The molecule has 0 saturated heterocycles. The highest BCUT2D eigenvalue weighted by atomic mass is 16.4. The second-order valence-electron chi connectivity index (χ2n) is 3.92. The van der Waals surface area contributed by atoms with Crippen molar-refractivity contribution in [3.05, 3.63) is 35.9 Å². The molecule has 15 heavy (non-hydrogen) atoms. The van der Waals surface area contributed by atoms with Crippen LogP contribution in [-0.2, 0) is 16.0 Å². The third kappa shape index (κ3) is 2.24. The molecular formula is C12H12O3. The average Bonchev–Trinajstić information content (AvgIpc) is 2.98. The molecule has 0 aliphatic heterocycles. The Kier molecular flexibility index (Phi) is 2.54. The molecular weight excluding hydrogens is 192 g/mol. The smallest absolute Gasteiger partial charge is 0.307 e. The van der Waals surface area contributed by atoms with Gasteiger partial charge >= 0.3 is 5.97 Å². The summed E-state index contributed by atoms with van der Waals surface area (Å²) < 4.78 is 0. The van der Waals surface area contributed by atoms with Crippen LogP contribution in [0.5, 0.6) is 0 Å². The van der Waals surface area contributed by atoms with Gasteiger partial charge in [-0.25, -0.2) is 0 Å². The Morgan fingerprint density at radius 3 is 2.40 bits per heavy atom. The molecule has 1 aliphatic carbocycles. The van der Waals surface area contributed by atoms with Gasteiger partial charge in [0.2, 0.25) is 0 Å². The monoisotopic (exact) mass is 204 g/mol. The van der Waals surface area contributed by atoms with E-state index in [9.17, 15) is 9.59 Å². The average molecular weight is 204 g/mol. The lowest BCUT2D eigenvalue weighted by Gasteiger charge is -1.98.